The second kappa shape index (κ2) is 14.3. The first-order valence-corrected chi connectivity index (χ1v) is 11.5. The second-order valence-corrected chi connectivity index (χ2v) is 8.14. The van der Waals surface area contributed by atoms with E-state index >= 15 is 0 Å². The molecule has 4 heteroatoms. The number of nitrogens with zero attached hydrogens (tertiary/aromatic N) is 1. The molecule has 0 aliphatic heterocycles. The molecule has 0 spiro atoms. The number of hydrogen-bond acceptors (Lipinski definition) is 3. The molecule has 1 amide bonds. The fourth-order valence-corrected chi connectivity index (χ4v) is 3.81. The van der Waals surface area contributed by atoms with Gasteiger partial charge in [0.15, 0.2) is 0 Å². The molecule has 1 rings (SSSR count). The summed E-state index contributed by atoms with van der Waals surface area (Å²) >= 11 is 0. The molecular weight excluding hydrogens is 362 g/mol. The Morgan fingerprint density at radius 1 is 0.828 bits per heavy atom. The lowest BCUT2D eigenvalue weighted by Crippen LogP contribution is -2.39. The number of carbonyl (C=O) groups excluding carboxylic acids is 1. The third kappa shape index (κ3) is 8.67. The van der Waals surface area contributed by atoms with Crippen LogP contribution in [0.15, 0.2) is 18.2 Å². The fraction of sp³-hybridized carbons (Fsp3) is 0.720. The fourth-order valence-electron chi connectivity index (χ4n) is 3.81. The van der Waals surface area contributed by atoms with Gasteiger partial charge in [0, 0.05) is 24.7 Å². The largest absolute Gasteiger partial charge is 0.497 e. The molecule has 0 saturated carbocycles. The summed E-state index contributed by atoms with van der Waals surface area (Å²) < 4.78 is 10.8. The zero-order valence-electron chi connectivity index (χ0n) is 19.6. The zero-order valence-corrected chi connectivity index (χ0v) is 19.6. The number of carbonyl (C=O) groups is 1. The van der Waals surface area contributed by atoms with Gasteiger partial charge in [-0.25, -0.2) is 0 Å². The van der Waals surface area contributed by atoms with Crippen molar-refractivity contribution in [2.24, 2.45) is 11.8 Å². The first kappa shape index (κ1) is 25.3. The molecule has 29 heavy (non-hydrogen) atoms. The molecule has 1 aromatic carbocycles. The maximum Gasteiger partial charge on any atom is 0.254 e. The molecule has 4 nitrogen and oxygen atoms in total. The molecule has 0 aliphatic rings. The summed E-state index contributed by atoms with van der Waals surface area (Å²) in [5.41, 5.74) is 0.650. The Kier molecular flexibility index (Phi) is 12.5. The van der Waals surface area contributed by atoms with Gasteiger partial charge < -0.3 is 14.4 Å². The minimum absolute atomic E-state index is 0.0899. The topological polar surface area (TPSA) is 38.8 Å². The molecule has 0 saturated heterocycles. The third-order valence-electron chi connectivity index (χ3n) is 5.93. The van der Waals surface area contributed by atoms with Crippen LogP contribution in [0.3, 0.4) is 0 Å². The lowest BCUT2D eigenvalue weighted by molar-refractivity contribution is 0.0684. The third-order valence-corrected chi connectivity index (χ3v) is 5.93. The monoisotopic (exact) mass is 405 g/mol. The van der Waals surface area contributed by atoms with Gasteiger partial charge in [0.05, 0.1) is 14.2 Å². The van der Waals surface area contributed by atoms with Crippen LogP contribution in [0, 0.1) is 11.8 Å². The second-order valence-electron chi connectivity index (χ2n) is 8.14. The Bertz CT molecular complexity index is 547. The number of ether oxygens (including phenoxy) is 2. The van der Waals surface area contributed by atoms with Gasteiger partial charge in [0.2, 0.25) is 0 Å². The highest BCUT2D eigenvalue weighted by atomic mass is 16.5. The van der Waals surface area contributed by atoms with E-state index in [4.69, 9.17) is 9.47 Å². The predicted octanol–water partition coefficient (Wildman–Crippen LogP) is 6.58. The van der Waals surface area contributed by atoms with Crippen LogP contribution < -0.4 is 9.47 Å². The normalized spacial score (nSPS) is 13.0. The number of rotatable bonds is 15. The van der Waals surface area contributed by atoms with Crippen molar-refractivity contribution in [3.8, 4) is 11.5 Å². The van der Waals surface area contributed by atoms with E-state index in [2.05, 4.69) is 32.6 Å². The van der Waals surface area contributed by atoms with Crippen LogP contribution in [0.1, 0.15) is 89.4 Å². The quantitative estimate of drug-likeness (QED) is 0.331. The van der Waals surface area contributed by atoms with Crippen molar-refractivity contribution in [3.05, 3.63) is 23.8 Å². The zero-order chi connectivity index (χ0) is 21.6. The Hall–Kier alpha value is -1.71. The molecule has 0 heterocycles. The highest BCUT2D eigenvalue weighted by molar-refractivity contribution is 5.95. The molecule has 0 aromatic heterocycles. The van der Waals surface area contributed by atoms with E-state index in [0.29, 0.717) is 28.9 Å². The van der Waals surface area contributed by atoms with Gasteiger partial charge in [-0.05, 0) is 36.8 Å². The van der Waals surface area contributed by atoms with E-state index in [1.54, 1.807) is 14.2 Å². The molecule has 0 bridgehead atoms. The molecule has 166 valence electrons. The first-order valence-electron chi connectivity index (χ1n) is 11.5. The van der Waals surface area contributed by atoms with Crippen molar-refractivity contribution in [2.45, 2.75) is 79.1 Å². The van der Waals surface area contributed by atoms with Gasteiger partial charge in [-0.15, -0.1) is 0 Å². The van der Waals surface area contributed by atoms with Gasteiger partial charge >= 0.3 is 0 Å². The van der Waals surface area contributed by atoms with Gasteiger partial charge in [-0.2, -0.15) is 0 Å². The number of benzene rings is 1. The smallest absolute Gasteiger partial charge is 0.254 e. The molecule has 0 radical (unpaired) electrons. The number of hydrogen-bond donors (Lipinski definition) is 0. The summed E-state index contributed by atoms with van der Waals surface area (Å²) in [5, 5.41) is 0. The van der Waals surface area contributed by atoms with Crippen molar-refractivity contribution < 1.29 is 14.3 Å². The summed E-state index contributed by atoms with van der Waals surface area (Å²) in [7, 11) is 3.24. The Balaban J connectivity index is 3.11. The maximum absolute atomic E-state index is 13.5. The van der Waals surface area contributed by atoms with Crippen molar-refractivity contribution in [1.82, 2.24) is 4.90 Å². The average molecular weight is 406 g/mol. The van der Waals surface area contributed by atoms with E-state index < -0.39 is 0 Å². The summed E-state index contributed by atoms with van der Waals surface area (Å²) in [4.78, 5) is 15.6. The van der Waals surface area contributed by atoms with Crippen molar-refractivity contribution in [2.75, 3.05) is 27.3 Å². The Morgan fingerprint density at radius 3 is 1.62 bits per heavy atom. The summed E-state index contributed by atoms with van der Waals surface area (Å²) in [6.45, 7) is 10.6. The standard InChI is InChI=1S/C25H43NO3/c1-7-11-13-20(9-3)18-26(19-21(10-4)14-12-8-2)25(27)22-15-23(28-5)17-24(16-22)29-6/h15-17,20-21H,7-14,18-19H2,1-6H3. The van der Waals surface area contributed by atoms with Crippen molar-refractivity contribution in [1.29, 1.82) is 0 Å². The van der Waals surface area contributed by atoms with Crippen LogP contribution in [0.25, 0.3) is 0 Å². The van der Waals surface area contributed by atoms with E-state index in [-0.39, 0.29) is 5.91 Å². The van der Waals surface area contributed by atoms with Crippen LogP contribution in [0.2, 0.25) is 0 Å². The average Bonchev–Trinajstić information content (AvgIpc) is 2.76. The van der Waals surface area contributed by atoms with E-state index in [1.807, 2.05) is 18.2 Å². The van der Waals surface area contributed by atoms with Gasteiger partial charge in [0.25, 0.3) is 5.91 Å². The SMILES string of the molecule is CCCCC(CC)CN(CC(CC)CCCC)C(=O)c1cc(OC)cc(OC)c1. The van der Waals surface area contributed by atoms with E-state index in [9.17, 15) is 4.79 Å². The van der Waals surface area contributed by atoms with Crippen LogP contribution >= 0.6 is 0 Å². The minimum atomic E-state index is 0.0899. The molecule has 2 atom stereocenters. The molecule has 0 aliphatic carbocycles. The van der Waals surface area contributed by atoms with Crippen LogP contribution in [-0.4, -0.2) is 38.1 Å². The maximum atomic E-state index is 13.5. The predicted molar refractivity (Wildman–Crippen MR) is 122 cm³/mol. The molecular formula is C25H43NO3. The summed E-state index contributed by atoms with van der Waals surface area (Å²) in [6.07, 6.45) is 9.43. The highest BCUT2D eigenvalue weighted by Gasteiger charge is 2.23. The number of amides is 1. The number of methoxy groups -OCH3 is 2. The summed E-state index contributed by atoms with van der Waals surface area (Å²) in [6, 6.07) is 5.48. The molecule has 0 N–H and O–H groups in total. The van der Waals surface area contributed by atoms with Crippen molar-refractivity contribution >= 4 is 5.91 Å². The van der Waals surface area contributed by atoms with E-state index in [0.717, 1.165) is 25.9 Å². The van der Waals surface area contributed by atoms with Crippen LogP contribution in [0.5, 0.6) is 11.5 Å². The molecule has 0 fully saturated rings. The minimum Gasteiger partial charge on any atom is -0.497 e. The highest BCUT2D eigenvalue weighted by Crippen LogP contribution is 2.26. The summed E-state index contributed by atoms with van der Waals surface area (Å²) in [5.74, 6) is 2.50. The number of unbranched alkanes of at least 4 members (excludes halogenated alkanes) is 2. The van der Waals surface area contributed by atoms with Crippen LogP contribution in [-0.2, 0) is 0 Å². The molecule has 1 aromatic rings. The van der Waals surface area contributed by atoms with Crippen LogP contribution in [0.4, 0.5) is 0 Å². The van der Waals surface area contributed by atoms with E-state index in [1.165, 1.54) is 38.5 Å². The van der Waals surface area contributed by atoms with Crippen molar-refractivity contribution in [3.63, 3.8) is 0 Å². The van der Waals surface area contributed by atoms with Gasteiger partial charge in [0.1, 0.15) is 11.5 Å². The molecule has 2 unspecified atom stereocenters. The van der Waals surface area contributed by atoms with Gasteiger partial charge in [-0.1, -0.05) is 66.2 Å². The lowest BCUT2D eigenvalue weighted by Gasteiger charge is -2.31. The first-order chi connectivity index (χ1) is 14.0. The Morgan fingerprint density at radius 2 is 1.28 bits per heavy atom. The van der Waals surface area contributed by atoms with Gasteiger partial charge in [-0.3, -0.25) is 4.79 Å². The Labute approximate surface area is 179 Å². The lowest BCUT2D eigenvalue weighted by atomic mass is 9.95.